The zero-order chi connectivity index (χ0) is 17.4. The van der Waals surface area contributed by atoms with Gasteiger partial charge >= 0.3 is 0 Å². The van der Waals surface area contributed by atoms with Crippen LogP contribution in [-0.4, -0.2) is 39.4 Å². The predicted octanol–water partition coefficient (Wildman–Crippen LogP) is 3.53. The number of hydrogen-bond acceptors (Lipinski definition) is 3. The van der Waals surface area contributed by atoms with Crippen LogP contribution >= 0.6 is 0 Å². The van der Waals surface area contributed by atoms with E-state index in [2.05, 4.69) is 64.5 Å². The van der Waals surface area contributed by atoms with Crippen LogP contribution in [0, 0.1) is 13.8 Å². The summed E-state index contributed by atoms with van der Waals surface area (Å²) >= 11 is 0. The van der Waals surface area contributed by atoms with Crippen molar-refractivity contribution in [3.05, 3.63) is 65.0 Å². The molecule has 1 fully saturated rings. The lowest BCUT2D eigenvalue weighted by molar-refractivity contribution is 0.0475. The molecule has 130 valence electrons. The van der Waals surface area contributed by atoms with E-state index in [0.29, 0.717) is 6.54 Å². The molecule has 0 amide bonds. The van der Waals surface area contributed by atoms with Crippen LogP contribution in [0.25, 0.3) is 10.8 Å². The van der Waals surface area contributed by atoms with Gasteiger partial charge in [0, 0.05) is 30.3 Å². The summed E-state index contributed by atoms with van der Waals surface area (Å²) in [7, 11) is 0. The van der Waals surface area contributed by atoms with E-state index in [1.165, 1.54) is 21.9 Å². The molecule has 3 aromatic rings. The molecule has 0 unspecified atom stereocenters. The number of nitrogens with zero attached hydrogens (tertiary/aromatic N) is 2. The molecule has 0 radical (unpaired) electrons. The molecule has 4 rings (SSSR count). The van der Waals surface area contributed by atoms with Gasteiger partial charge in [-0.2, -0.15) is 5.10 Å². The van der Waals surface area contributed by atoms with Crippen molar-refractivity contribution in [2.24, 2.45) is 0 Å². The number of β-amino-alcohol motifs (C(OH)–C–C–N with tert-alkyl or cyclic N) is 1. The zero-order valence-corrected chi connectivity index (χ0v) is 14.9. The van der Waals surface area contributed by atoms with Gasteiger partial charge in [-0.15, -0.1) is 0 Å². The third kappa shape index (κ3) is 3.20. The highest BCUT2D eigenvalue weighted by Gasteiger charge is 2.29. The standard InChI is InChI=1S/C21H25N3O/c1-14-20(15(2)23-22-14)12-24-10-9-19(21(25)13-24)18-8-7-16-5-3-4-6-17(16)11-18/h3-8,11,19,21,25H,9-10,12-13H2,1-2H3,(H,22,23)/t19-,21+/m0/s1. The molecule has 1 saturated heterocycles. The molecule has 0 bridgehead atoms. The third-order valence-corrected chi connectivity index (χ3v) is 5.53. The first-order valence-electron chi connectivity index (χ1n) is 9.01. The van der Waals surface area contributed by atoms with Gasteiger partial charge in [0.2, 0.25) is 0 Å². The molecule has 0 aliphatic carbocycles. The number of benzene rings is 2. The molecule has 2 N–H and O–H groups in total. The second-order valence-corrected chi connectivity index (χ2v) is 7.22. The van der Waals surface area contributed by atoms with Crippen molar-refractivity contribution in [2.75, 3.05) is 13.1 Å². The molecule has 4 heteroatoms. The van der Waals surface area contributed by atoms with Crippen LogP contribution in [0.3, 0.4) is 0 Å². The van der Waals surface area contributed by atoms with Crippen molar-refractivity contribution in [1.29, 1.82) is 0 Å². The Balaban J connectivity index is 1.49. The van der Waals surface area contributed by atoms with E-state index in [0.717, 1.165) is 30.9 Å². The maximum Gasteiger partial charge on any atom is 0.0736 e. The molecule has 0 spiro atoms. The summed E-state index contributed by atoms with van der Waals surface area (Å²) in [4.78, 5) is 2.34. The molecule has 1 aromatic heterocycles. The number of aromatic amines is 1. The van der Waals surface area contributed by atoms with E-state index in [1.807, 2.05) is 6.92 Å². The van der Waals surface area contributed by atoms with Gasteiger partial charge in [0.05, 0.1) is 11.8 Å². The van der Waals surface area contributed by atoms with Gasteiger partial charge in [0.25, 0.3) is 0 Å². The fraction of sp³-hybridized carbons (Fsp3) is 0.381. The number of hydrogen-bond donors (Lipinski definition) is 2. The Bertz CT molecular complexity index is 866. The number of H-pyrrole nitrogens is 1. The Kier molecular flexibility index (Phi) is 4.32. The summed E-state index contributed by atoms with van der Waals surface area (Å²) in [5.41, 5.74) is 4.70. The minimum atomic E-state index is -0.331. The van der Waals surface area contributed by atoms with Crippen molar-refractivity contribution in [2.45, 2.75) is 38.8 Å². The first-order valence-corrected chi connectivity index (χ1v) is 9.01. The number of piperidine rings is 1. The molecule has 2 heterocycles. The largest absolute Gasteiger partial charge is 0.391 e. The summed E-state index contributed by atoms with van der Waals surface area (Å²) < 4.78 is 0. The van der Waals surface area contributed by atoms with Gasteiger partial charge in [-0.25, -0.2) is 0 Å². The molecule has 1 aliphatic rings. The number of aliphatic hydroxyl groups is 1. The average Bonchev–Trinajstić information content (AvgIpc) is 2.93. The summed E-state index contributed by atoms with van der Waals surface area (Å²) in [6.45, 7) is 6.67. The van der Waals surface area contributed by atoms with Gasteiger partial charge < -0.3 is 5.11 Å². The predicted molar refractivity (Wildman–Crippen MR) is 101 cm³/mol. The average molecular weight is 335 g/mol. The van der Waals surface area contributed by atoms with Crippen LogP contribution in [0.5, 0.6) is 0 Å². The number of aliphatic hydroxyl groups excluding tert-OH is 1. The number of nitrogens with one attached hydrogen (secondary N) is 1. The maximum atomic E-state index is 10.8. The third-order valence-electron chi connectivity index (χ3n) is 5.53. The molecule has 25 heavy (non-hydrogen) atoms. The summed E-state index contributed by atoms with van der Waals surface area (Å²) in [5, 5.41) is 20.6. The minimum Gasteiger partial charge on any atom is -0.391 e. The summed E-state index contributed by atoms with van der Waals surface area (Å²) in [6.07, 6.45) is 0.651. The fourth-order valence-corrected chi connectivity index (χ4v) is 4.00. The van der Waals surface area contributed by atoms with Crippen LogP contribution in [0.15, 0.2) is 42.5 Å². The SMILES string of the molecule is Cc1n[nH]c(C)c1CN1CC[C@@H](c2ccc3ccccc3c2)[C@H](O)C1. The lowest BCUT2D eigenvalue weighted by Crippen LogP contribution is -2.42. The Hall–Kier alpha value is -2.17. The molecule has 0 saturated carbocycles. The maximum absolute atomic E-state index is 10.8. The van der Waals surface area contributed by atoms with Crippen molar-refractivity contribution < 1.29 is 5.11 Å². The quantitative estimate of drug-likeness (QED) is 0.770. The number of rotatable bonds is 3. The van der Waals surface area contributed by atoms with E-state index in [4.69, 9.17) is 0 Å². The highest BCUT2D eigenvalue weighted by Crippen LogP contribution is 2.31. The van der Waals surface area contributed by atoms with Crippen LogP contribution in [0.4, 0.5) is 0 Å². The van der Waals surface area contributed by atoms with E-state index in [-0.39, 0.29) is 12.0 Å². The van der Waals surface area contributed by atoms with Crippen LogP contribution < -0.4 is 0 Å². The summed E-state index contributed by atoms with van der Waals surface area (Å²) in [6, 6.07) is 15.0. The normalized spacial score (nSPS) is 21.7. The van der Waals surface area contributed by atoms with Gasteiger partial charge in [0.15, 0.2) is 0 Å². The van der Waals surface area contributed by atoms with Crippen LogP contribution in [0.2, 0.25) is 0 Å². The smallest absolute Gasteiger partial charge is 0.0736 e. The van der Waals surface area contributed by atoms with Crippen LogP contribution in [-0.2, 0) is 6.54 Å². The first-order chi connectivity index (χ1) is 12.1. The second kappa shape index (κ2) is 6.62. The van der Waals surface area contributed by atoms with Crippen molar-refractivity contribution in [3.63, 3.8) is 0 Å². The van der Waals surface area contributed by atoms with Crippen molar-refractivity contribution >= 4 is 10.8 Å². The van der Waals surface area contributed by atoms with Gasteiger partial charge in [-0.1, -0.05) is 42.5 Å². The van der Waals surface area contributed by atoms with Crippen molar-refractivity contribution in [3.8, 4) is 0 Å². The van der Waals surface area contributed by atoms with E-state index in [1.54, 1.807) is 0 Å². The van der Waals surface area contributed by atoms with Gasteiger partial charge in [-0.05, 0) is 43.1 Å². The number of likely N-dealkylation sites (tertiary alicyclic amines) is 1. The van der Waals surface area contributed by atoms with Gasteiger partial charge in [-0.3, -0.25) is 10.00 Å². The highest BCUT2D eigenvalue weighted by molar-refractivity contribution is 5.83. The Labute approximate surface area is 148 Å². The van der Waals surface area contributed by atoms with Crippen LogP contribution in [0.1, 0.15) is 34.9 Å². The minimum absolute atomic E-state index is 0.215. The highest BCUT2D eigenvalue weighted by atomic mass is 16.3. The van der Waals surface area contributed by atoms with E-state index in [9.17, 15) is 5.11 Å². The Morgan fingerprint density at radius 2 is 1.96 bits per heavy atom. The first kappa shape index (κ1) is 16.3. The van der Waals surface area contributed by atoms with Crippen molar-refractivity contribution in [1.82, 2.24) is 15.1 Å². The summed E-state index contributed by atoms with van der Waals surface area (Å²) in [5.74, 6) is 0.215. The lowest BCUT2D eigenvalue weighted by Gasteiger charge is -2.36. The lowest BCUT2D eigenvalue weighted by atomic mass is 9.86. The zero-order valence-electron chi connectivity index (χ0n) is 14.9. The van der Waals surface area contributed by atoms with E-state index >= 15 is 0 Å². The monoisotopic (exact) mass is 335 g/mol. The molecule has 4 nitrogen and oxygen atoms in total. The Morgan fingerprint density at radius 1 is 1.16 bits per heavy atom. The molecule has 2 aromatic carbocycles. The van der Waals surface area contributed by atoms with Gasteiger partial charge in [0.1, 0.15) is 0 Å². The molecule has 2 atom stereocenters. The molecular weight excluding hydrogens is 310 g/mol. The van der Waals surface area contributed by atoms with E-state index < -0.39 is 0 Å². The molecular formula is C21H25N3O. The fourth-order valence-electron chi connectivity index (χ4n) is 4.00. The second-order valence-electron chi connectivity index (χ2n) is 7.22. The number of aromatic nitrogens is 2. The molecule has 1 aliphatic heterocycles. The number of fused-ring (bicyclic) bond motifs is 1. The number of aryl methyl sites for hydroxylation is 2. The Morgan fingerprint density at radius 3 is 2.68 bits per heavy atom. The topological polar surface area (TPSA) is 52.2 Å².